The molecule has 2 aromatic rings. The van der Waals surface area contributed by atoms with E-state index in [1.165, 1.54) is 6.07 Å². The molecule has 10 heteroatoms. The average molecular weight is 367 g/mol. The molecule has 132 valence electrons. The zero-order valence-electron chi connectivity index (χ0n) is 13.0. The Balaban J connectivity index is 2.19. The molecule has 0 saturated carbocycles. The maximum absolute atomic E-state index is 13.7. The second-order valence-corrected chi connectivity index (χ2v) is 6.88. The maximum Gasteiger partial charge on any atom is 0.270 e. The van der Waals surface area contributed by atoms with Crippen LogP contribution in [-0.2, 0) is 16.6 Å². The summed E-state index contributed by atoms with van der Waals surface area (Å²) in [5.41, 5.74) is -0.162. The van der Waals surface area contributed by atoms with E-state index in [4.69, 9.17) is 0 Å². The Bertz CT molecular complexity index is 931. The zero-order valence-corrected chi connectivity index (χ0v) is 13.8. The highest BCUT2D eigenvalue weighted by atomic mass is 32.2. The third-order valence-electron chi connectivity index (χ3n) is 3.16. The van der Waals surface area contributed by atoms with E-state index in [-0.39, 0.29) is 12.2 Å². The molecule has 0 aromatic heterocycles. The molecule has 0 heterocycles. The van der Waals surface area contributed by atoms with Gasteiger partial charge in [0.25, 0.3) is 11.6 Å². The Labute approximate surface area is 142 Å². The van der Waals surface area contributed by atoms with E-state index in [2.05, 4.69) is 10.0 Å². The predicted octanol–water partition coefficient (Wildman–Crippen LogP) is 2.04. The Morgan fingerprint density at radius 1 is 1.24 bits per heavy atom. The molecule has 0 unspecified atom stereocenters. The molecular weight excluding hydrogens is 353 g/mol. The van der Waals surface area contributed by atoms with Gasteiger partial charge in [-0.05, 0) is 17.7 Å². The van der Waals surface area contributed by atoms with Crippen LogP contribution in [0.15, 0.2) is 42.5 Å². The number of nitro benzene ring substituents is 1. The van der Waals surface area contributed by atoms with Crippen molar-refractivity contribution in [1.82, 2.24) is 5.32 Å². The number of para-hydroxylation sites is 1. The monoisotopic (exact) mass is 367 g/mol. The van der Waals surface area contributed by atoms with Gasteiger partial charge in [-0.3, -0.25) is 19.6 Å². The van der Waals surface area contributed by atoms with Crippen molar-refractivity contribution in [2.24, 2.45) is 0 Å². The second kappa shape index (κ2) is 7.26. The summed E-state index contributed by atoms with van der Waals surface area (Å²) in [6.45, 7) is -0.0976. The van der Waals surface area contributed by atoms with E-state index in [1.807, 2.05) is 0 Å². The van der Waals surface area contributed by atoms with Gasteiger partial charge in [0.2, 0.25) is 10.0 Å². The van der Waals surface area contributed by atoms with Crippen LogP contribution in [0, 0.1) is 15.9 Å². The van der Waals surface area contributed by atoms with Gasteiger partial charge in [-0.15, -0.1) is 0 Å². The molecule has 2 N–H and O–H groups in total. The number of non-ortho nitro benzene ring substituents is 1. The number of nitrogens with one attached hydrogen (secondary N) is 2. The summed E-state index contributed by atoms with van der Waals surface area (Å²) in [5.74, 6) is -1.75. The maximum atomic E-state index is 13.7. The molecule has 1 amide bonds. The Morgan fingerprint density at radius 3 is 2.56 bits per heavy atom. The Kier molecular flexibility index (Phi) is 5.32. The Morgan fingerprint density at radius 2 is 1.92 bits per heavy atom. The topological polar surface area (TPSA) is 118 Å². The fraction of sp³-hybridized carbons (Fsp3) is 0.133. The quantitative estimate of drug-likeness (QED) is 0.598. The number of halogens is 1. The molecule has 0 saturated heterocycles. The lowest BCUT2D eigenvalue weighted by molar-refractivity contribution is -0.384. The van der Waals surface area contributed by atoms with Gasteiger partial charge >= 0.3 is 0 Å². The van der Waals surface area contributed by atoms with E-state index in [1.54, 1.807) is 18.2 Å². The van der Waals surface area contributed by atoms with Crippen LogP contribution in [-0.4, -0.2) is 25.5 Å². The zero-order chi connectivity index (χ0) is 18.6. The third-order valence-corrected chi connectivity index (χ3v) is 3.75. The number of hydrogen-bond donors (Lipinski definition) is 2. The van der Waals surface area contributed by atoms with Crippen LogP contribution in [0.2, 0.25) is 0 Å². The van der Waals surface area contributed by atoms with E-state index < -0.39 is 37.9 Å². The van der Waals surface area contributed by atoms with Gasteiger partial charge < -0.3 is 5.32 Å². The minimum atomic E-state index is -3.51. The molecule has 0 radical (unpaired) electrons. The van der Waals surface area contributed by atoms with Gasteiger partial charge in [0.05, 0.1) is 22.4 Å². The summed E-state index contributed by atoms with van der Waals surface area (Å²) in [5, 5.41) is 13.1. The number of carbonyl (C=O) groups excluding carboxylic acids is 1. The highest BCUT2D eigenvalue weighted by Crippen LogP contribution is 2.18. The first-order chi connectivity index (χ1) is 11.7. The van der Waals surface area contributed by atoms with Gasteiger partial charge in [0.15, 0.2) is 0 Å². The van der Waals surface area contributed by atoms with Gasteiger partial charge in [-0.25, -0.2) is 12.8 Å². The normalized spacial score (nSPS) is 11.0. The van der Waals surface area contributed by atoms with Crippen molar-refractivity contribution in [1.29, 1.82) is 0 Å². The fourth-order valence-corrected chi connectivity index (χ4v) is 2.64. The molecular formula is C15H14FN3O5S. The number of rotatable bonds is 6. The summed E-state index contributed by atoms with van der Waals surface area (Å²) in [7, 11) is -3.51. The van der Waals surface area contributed by atoms with Crippen molar-refractivity contribution in [2.45, 2.75) is 6.54 Å². The lowest BCUT2D eigenvalue weighted by atomic mass is 10.1. The van der Waals surface area contributed by atoms with Crippen molar-refractivity contribution in [3.63, 3.8) is 0 Å². The molecule has 0 aliphatic carbocycles. The number of anilines is 1. The van der Waals surface area contributed by atoms with Crippen LogP contribution < -0.4 is 10.0 Å². The standard InChI is InChI=1S/C15H14FN3O5S/c1-25(23,24)18-14-5-3-2-4-10(14)9-17-15(20)12-8-11(19(21)22)6-7-13(12)16/h2-8,18H,9H2,1H3,(H,17,20). The van der Waals surface area contributed by atoms with Gasteiger partial charge in [0.1, 0.15) is 5.82 Å². The van der Waals surface area contributed by atoms with Gasteiger partial charge in [-0.2, -0.15) is 0 Å². The van der Waals surface area contributed by atoms with Crippen molar-refractivity contribution in [2.75, 3.05) is 11.0 Å². The first kappa shape index (κ1) is 18.3. The van der Waals surface area contributed by atoms with E-state index in [0.717, 1.165) is 24.5 Å². The largest absolute Gasteiger partial charge is 0.348 e. The molecule has 0 atom stereocenters. The summed E-state index contributed by atoms with van der Waals surface area (Å²) >= 11 is 0. The van der Waals surface area contributed by atoms with Crippen LogP contribution >= 0.6 is 0 Å². The average Bonchev–Trinajstić information content (AvgIpc) is 2.52. The first-order valence-electron chi connectivity index (χ1n) is 6.95. The third kappa shape index (κ3) is 4.98. The predicted molar refractivity (Wildman–Crippen MR) is 89.1 cm³/mol. The first-order valence-corrected chi connectivity index (χ1v) is 8.84. The molecule has 0 spiro atoms. The molecule has 0 aliphatic rings. The van der Waals surface area contributed by atoms with Crippen molar-refractivity contribution >= 4 is 27.3 Å². The molecule has 0 fully saturated rings. The minimum Gasteiger partial charge on any atom is -0.348 e. The minimum absolute atomic E-state index is 0.0976. The van der Waals surface area contributed by atoms with Gasteiger partial charge in [-0.1, -0.05) is 18.2 Å². The summed E-state index contributed by atoms with van der Waals surface area (Å²) in [6.07, 6.45) is 0.987. The lowest BCUT2D eigenvalue weighted by Gasteiger charge is -2.11. The number of sulfonamides is 1. The smallest absolute Gasteiger partial charge is 0.270 e. The van der Waals surface area contributed by atoms with E-state index in [0.29, 0.717) is 5.56 Å². The van der Waals surface area contributed by atoms with E-state index >= 15 is 0 Å². The molecule has 0 aliphatic heterocycles. The number of amides is 1. The number of nitro groups is 1. The Hall–Kier alpha value is -3.01. The summed E-state index contributed by atoms with van der Waals surface area (Å²) in [6, 6.07) is 8.98. The fourth-order valence-electron chi connectivity index (χ4n) is 2.05. The molecule has 0 bridgehead atoms. The van der Waals surface area contributed by atoms with E-state index in [9.17, 15) is 27.7 Å². The molecule has 2 aromatic carbocycles. The number of hydrogen-bond acceptors (Lipinski definition) is 5. The van der Waals surface area contributed by atoms with Crippen LogP contribution in [0.1, 0.15) is 15.9 Å². The van der Waals surface area contributed by atoms with Crippen molar-refractivity contribution in [3.8, 4) is 0 Å². The van der Waals surface area contributed by atoms with Crippen LogP contribution in [0.5, 0.6) is 0 Å². The molecule has 2 rings (SSSR count). The van der Waals surface area contributed by atoms with Crippen LogP contribution in [0.25, 0.3) is 0 Å². The molecule has 8 nitrogen and oxygen atoms in total. The highest BCUT2D eigenvalue weighted by molar-refractivity contribution is 7.92. The lowest BCUT2D eigenvalue weighted by Crippen LogP contribution is -2.24. The second-order valence-electron chi connectivity index (χ2n) is 5.14. The van der Waals surface area contributed by atoms with Crippen LogP contribution in [0.3, 0.4) is 0 Å². The van der Waals surface area contributed by atoms with Crippen molar-refractivity contribution < 1.29 is 22.5 Å². The van der Waals surface area contributed by atoms with Crippen LogP contribution in [0.4, 0.5) is 15.8 Å². The SMILES string of the molecule is CS(=O)(=O)Nc1ccccc1CNC(=O)c1cc([N+](=O)[O-])ccc1F. The number of carbonyl (C=O) groups is 1. The number of benzene rings is 2. The van der Waals surface area contributed by atoms with Crippen molar-refractivity contribution in [3.05, 3.63) is 69.5 Å². The molecule has 25 heavy (non-hydrogen) atoms. The number of nitrogens with zero attached hydrogens (tertiary/aromatic N) is 1. The summed E-state index contributed by atoms with van der Waals surface area (Å²) < 4.78 is 38.7. The highest BCUT2D eigenvalue weighted by Gasteiger charge is 2.17. The van der Waals surface area contributed by atoms with Gasteiger partial charge in [0, 0.05) is 18.7 Å². The summed E-state index contributed by atoms with van der Waals surface area (Å²) in [4.78, 5) is 22.1.